The highest BCUT2D eigenvalue weighted by molar-refractivity contribution is 7.91. The van der Waals surface area contributed by atoms with Crippen LogP contribution in [0.5, 0.6) is 0 Å². The number of carbonyl (C=O) groups is 1. The van der Waals surface area contributed by atoms with Crippen molar-refractivity contribution in [2.75, 3.05) is 25.2 Å². The first kappa shape index (κ1) is 13.6. The molecule has 0 aliphatic heterocycles. The fraction of sp³-hybridized carbons (Fsp3) is 0.889. The second kappa shape index (κ2) is 6.95. The van der Waals surface area contributed by atoms with Gasteiger partial charge < -0.3 is 4.74 Å². The van der Waals surface area contributed by atoms with Gasteiger partial charge in [0.05, 0.1) is 5.75 Å². The zero-order chi connectivity index (χ0) is 11.0. The van der Waals surface area contributed by atoms with Gasteiger partial charge in [-0.1, -0.05) is 6.92 Å². The summed E-state index contributed by atoms with van der Waals surface area (Å²) in [5.74, 6) is 0.393. The standard InChI is InChI=1S/C9H18O4S/c1-3-14(11,12)7-5-4-6-9(10)8-13-2/h3-8H2,1-2H3. The molecule has 0 fully saturated rings. The number of hydrogen-bond acceptors (Lipinski definition) is 4. The third kappa shape index (κ3) is 7.03. The summed E-state index contributed by atoms with van der Waals surface area (Å²) < 4.78 is 26.8. The lowest BCUT2D eigenvalue weighted by atomic mass is 10.2. The molecule has 0 atom stereocenters. The van der Waals surface area contributed by atoms with Gasteiger partial charge in [-0.25, -0.2) is 8.42 Å². The highest BCUT2D eigenvalue weighted by atomic mass is 32.2. The van der Waals surface area contributed by atoms with Crippen LogP contribution in [0.2, 0.25) is 0 Å². The number of Topliss-reactive ketones (excluding diaryl/α,β-unsaturated/α-hetero) is 1. The average molecular weight is 222 g/mol. The Hall–Kier alpha value is -0.420. The van der Waals surface area contributed by atoms with Gasteiger partial charge in [-0.2, -0.15) is 0 Å². The van der Waals surface area contributed by atoms with Crippen LogP contribution in [0.15, 0.2) is 0 Å². The molecule has 14 heavy (non-hydrogen) atoms. The van der Waals surface area contributed by atoms with Gasteiger partial charge in [-0.3, -0.25) is 4.79 Å². The molecule has 0 aromatic rings. The molecule has 0 rings (SSSR count). The molecule has 0 radical (unpaired) electrons. The molecular weight excluding hydrogens is 204 g/mol. The third-order valence-corrected chi connectivity index (χ3v) is 3.70. The highest BCUT2D eigenvalue weighted by Crippen LogP contribution is 2.01. The quantitative estimate of drug-likeness (QED) is 0.570. The van der Waals surface area contributed by atoms with Gasteiger partial charge in [0.2, 0.25) is 0 Å². The van der Waals surface area contributed by atoms with Gasteiger partial charge >= 0.3 is 0 Å². The lowest BCUT2D eigenvalue weighted by molar-refractivity contribution is -0.122. The first-order valence-corrected chi connectivity index (χ1v) is 6.55. The molecule has 0 heterocycles. The van der Waals surface area contributed by atoms with Crippen molar-refractivity contribution in [1.82, 2.24) is 0 Å². The lowest BCUT2D eigenvalue weighted by Gasteiger charge is -2.01. The molecule has 0 N–H and O–H groups in total. The van der Waals surface area contributed by atoms with E-state index in [2.05, 4.69) is 4.74 Å². The van der Waals surface area contributed by atoms with Crippen LogP contribution >= 0.6 is 0 Å². The Morgan fingerprint density at radius 2 is 1.93 bits per heavy atom. The zero-order valence-electron chi connectivity index (χ0n) is 8.78. The summed E-state index contributed by atoms with van der Waals surface area (Å²) in [6.07, 6.45) is 1.60. The maximum atomic E-state index is 11.1. The Balaban J connectivity index is 3.52. The van der Waals surface area contributed by atoms with E-state index in [1.807, 2.05) is 0 Å². The molecule has 0 saturated carbocycles. The lowest BCUT2D eigenvalue weighted by Crippen LogP contribution is -2.10. The second-order valence-corrected chi connectivity index (χ2v) is 5.64. The third-order valence-electron chi connectivity index (χ3n) is 1.91. The number of hydrogen-bond donors (Lipinski definition) is 0. The minimum absolute atomic E-state index is 0.0291. The predicted octanol–water partition coefficient (Wildman–Crippen LogP) is 0.807. The van der Waals surface area contributed by atoms with Crippen LogP contribution in [0.4, 0.5) is 0 Å². The van der Waals surface area contributed by atoms with Gasteiger partial charge in [0.1, 0.15) is 16.4 Å². The Labute approximate surface area is 85.6 Å². The fourth-order valence-corrected chi connectivity index (χ4v) is 1.95. The van der Waals surface area contributed by atoms with Crippen LogP contribution in [0.3, 0.4) is 0 Å². The number of methoxy groups -OCH3 is 1. The monoisotopic (exact) mass is 222 g/mol. The number of ketones is 1. The van der Waals surface area contributed by atoms with Crippen molar-refractivity contribution in [1.29, 1.82) is 0 Å². The van der Waals surface area contributed by atoms with Crippen LogP contribution in [-0.4, -0.2) is 39.4 Å². The fourth-order valence-electron chi connectivity index (χ4n) is 1.02. The molecule has 0 aliphatic carbocycles. The molecule has 4 nitrogen and oxygen atoms in total. The number of carbonyl (C=O) groups excluding carboxylic acids is 1. The summed E-state index contributed by atoms with van der Waals surface area (Å²) in [6, 6.07) is 0. The normalized spacial score (nSPS) is 11.6. The highest BCUT2D eigenvalue weighted by Gasteiger charge is 2.07. The molecule has 84 valence electrons. The summed E-state index contributed by atoms with van der Waals surface area (Å²) in [7, 11) is -1.40. The van der Waals surface area contributed by atoms with Gasteiger partial charge in [0.15, 0.2) is 5.78 Å². The van der Waals surface area contributed by atoms with E-state index in [-0.39, 0.29) is 23.9 Å². The Morgan fingerprint density at radius 3 is 2.43 bits per heavy atom. The first-order valence-electron chi connectivity index (χ1n) is 4.73. The summed E-state index contributed by atoms with van der Waals surface area (Å²) in [5, 5.41) is 0. The number of rotatable bonds is 8. The van der Waals surface area contributed by atoms with Crippen molar-refractivity contribution in [2.24, 2.45) is 0 Å². The minimum Gasteiger partial charge on any atom is -0.377 e. The van der Waals surface area contributed by atoms with Crippen molar-refractivity contribution in [3.05, 3.63) is 0 Å². The maximum Gasteiger partial charge on any atom is 0.158 e. The number of ether oxygens (including phenoxy) is 1. The van der Waals surface area contributed by atoms with E-state index >= 15 is 0 Å². The summed E-state index contributed by atoms with van der Waals surface area (Å²) in [5.41, 5.74) is 0. The molecular formula is C9H18O4S. The van der Waals surface area contributed by atoms with E-state index in [4.69, 9.17) is 0 Å². The molecule has 0 saturated heterocycles. The van der Waals surface area contributed by atoms with Crippen LogP contribution in [0.25, 0.3) is 0 Å². The second-order valence-electron chi connectivity index (χ2n) is 3.17. The first-order chi connectivity index (χ1) is 6.52. The van der Waals surface area contributed by atoms with E-state index in [9.17, 15) is 13.2 Å². The van der Waals surface area contributed by atoms with Crippen molar-refractivity contribution < 1.29 is 17.9 Å². The summed E-state index contributed by atoms with van der Waals surface area (Å²) >= 11 is 0. The van der Waals surface area contributed by atoms with Crippen LogP contribution < -0.4 is 0 Å². The van der Waals surface area contributed by atoms with E-state index in [1.165, 1.54) is 7.11 Å². The van der Waals surface area contributed by atoms with Crippen molar-refractivity contribution in [3.63, 3.8) is 0 Å². The molecule has 0 aromatic carbocycles. The zero-order valence-corrected chi connectivity index (χ0v) is 9.60. The van der Waals surface area contributed by atoms with E-state index in [0.29, 0.717) is 19.3 Å². The van der Waals surface area contributed by atoms with Crippen molar-refractivity contribution >= 4 is 15.6 Å². The summed E-state index contributed by atoms with van der Waals surface area (Å²) in [4.78, 5) is 11.0. The number of sulfone groups is 1. The minimum atomic E-state index is -2.87. The predicted molar refractivity (Wildman–Crippen MR) is 55.1 cm³/mol. The average Bonchev–Trinajstić information content (AvgIpc) is 2.13. The van der Waals surface area contributed by atoms with Crippen molar-refractivity contribution in [2.45, 2.75) is 26.2 Å². The summed E-state index contributed by atoms with van der Waals surface area (Å²) in [6.45, 7) is 1.76. The van der Waals surface area contributed by atoms with Gasteiger partial charge in [-0.15, -0.1) is 0 Å². The Bertz CT molecular complexity index is 256. The van der Waals surface area contributed by atoms with Crippen LogP contribution in [-0.2, 0) is 19.4 Å². The molecule has 0 bridgehead atoms. The Morgan fingerprint density at radius 1 is 1.29 bits per heavy atom. The van der Waals surface area contributed by atoms with Crippen molar-refractivity contribution in [3.8, 4) is 0 Å². The smallest absolute Gasteiger partial charge is 0.158 e. The number of unbranched alkanes of at least 4 members (excludes halogenated alkanes) is 1. The topological polar surface area (TPSA) is 60.4 Å². The van der Waals surface area contributed by atoms with Crippen LogP contribution in [0.1, 0.15) is 26.2 Å². The molecule has 0 aliphatic rings. The Kier molecular flexibility index (Phi) is 6.74. The van der Waals surface area contributed by atoms with Gasteiger partial charge in [0, 0.05) is 19.3 Å². The largest absolute Gasteiger partial charge is 0.377 e. The van der Waals surface area contributed by atoms with Gasteiger partial charge in [-0.05, 0) is 12.8 Å². The van der Waals surface area contributed by atoms with E-state index < -0.39 is 9.84 Å². The SMILES string of the molecule is CCS(=O)(=O)CCCCC(=O)COC. The molecule has 0 aromatic heterocycles. The maximum absolute atomic E-state index is 11.1. The molecule has 0 amide bonds. The molecule has 0 unspecified atom stereocenters. The van der Waals surface area contributed by atoms with E-state index in [0.717, 1.165) is 0 Å². The van der Waals surface area contributed by atoms with Crippen LogP contribution in [0, 0.1) is 0 Å². The molecule has 0 spiro atoms. The van der Waals surface area contributed by atoms with Gasteiger partial charge in [0.25, 0.3) is 0 Å². The molecule has 5 heteroatoms. The van der Waals surface area contributed by atoms with E-state index in [1.54, 1.807) is 6.92 Å².